The van der Waals surface area contributed by atoms with Gasteiger partial charge in [0.05, 0.1) is 6.61 Å². The zero-order valence-corrected chi connectivity index (χ0v) is 16.4. The fraction of sp³-hybridized carbons (Fsp3) is 0.650. The summed E-state index contributed by atoms with van der Waals surface area (Å²) in [5.74, 6) is 0. The first-order valence-electron chi connectivity index (χ1n) is 9.69. The molecule has 3 aliphatic heterocycles. The molecule has 1 amide bonds. The van der Waals surface area contributed by atoms with Gasteiger partial charge in [-0.15, -0.1) is 0 Å². The predicted molar refractivity (Wildman–Crippen MR) is 102 cm³/mol. The van der Waals surface area contributed by atoms with E-state index in [0.29, 0.717) is 19.2 Å². The number of ether oxygens (including phenoxy) is 2. The van der Waals surface area contributed by atoms with Gasteiger partial charge in [-0.05, 0) is 38.5 Å². The average Bonchev–Trinajstić information content (AvgIpc) is 3.00. The number of hydrogen-bond acceptors (Lipinski definition) is 6. The maximum absolute atomic E-state index is 12.4. The number of carbonyl (C=O) groups is 1. The zero-order chi connectivity index (χ0) is 19.2. The summed E-state index contributed by atoms with van der Waals surface area (Å²) in [7, 11) is 0. The quantitative estimate of drug-likeness (QED) is 0.809. The molecule has 3 heterocycles. The number of carbonyl (C=O) groups excluding carboxylic acids is 1. The van der Waals surface area contributed by atoms with Crippen LogP contribution in [0.2, 0.25) is 0 Å². The highest BCUT2D eigenvalue weighted by molar-refractivity contribution is 5.68. The number of aliphatic hydroxyl groups is 1. The fourth-order valence-electron chi connectivity index (χ4n) is 4.10. The van der Waals surface area contributed by atoms with Crippen LogP contribution >= 0.6 is 0 Å². The summed E-state index contributed by atoms with van der Waals surface area (Å²) in [4.78, 5) is 19.1. The van der Waals surface area contributed by atoms with Crippen molar-refractivity contribution in [2.75, 3.05) is 44.2 Å². The second-order valence-corrected chi connectivity index (χ2v) is 8.61. The van der Waals surface area contributed by atoms with Crippen LogP contribution in [0.4, 0.5) is 10.5 Å². The van der Waals surface area contributed by atoms with Crippen molar-refractivity contribution in [3.05, 3.63) is 29.3 Å². The molecule has 7 heteroatoms. The van der Waals surface area contributed by atoms with Crippen molar-refractivity contribution in [2.24, 2.45) is 0 Å². The van der Waals surface area contributed by atoms with E-state index < -0.39 is 11.9 Å². The Hall–Kier alpha value is -1.83. The van der Waals surface area contributed by atoms with Crippen LogP contribution in [0.15, 0.2) is 18.2 Å². The monoisotopic (exact) mass is 375 g/mol. The van der Waals surface area contributed by atoms with Crippen molar-refractivity contribution in [1.82, 2.24) is 9.80 Å². The summed E-state index contributed by atoms with van der Waals surface area (Å²) in [5.41, 5.74) is 2.61. The number of piperazine rings is 2. The highest BCUT2D eigenvalue weighted by atomic mass is 16.6. The van der Waals surface area contributed by atoms with E-state index >= 15 is 0 Å². The number of nitrogens with zero attached hydrogens (tertiary/aromatic N) is 3. The summed E-state index contributed by atoms with van der Waals surface area (Å²) in [5, 5.41) is 9.81. The van der Waals surface area contributed by atoms with Crippen LogP contribution in [0.3, 0.4) is 0 Å². The van der Waals surface area contributed by atoms with Gasteiger partial charge in [0.15, 0.2) is 6.29 Å². The van der Waals surface area contributed by atoms with Gasteiger partial charge in [-0.3, -0.25) is 4.90 Å². The number of rotatable bonds is 1. The van der Waals surface area contributed by atoms with Gasteiger partial charge in [0.25, 0.3) is 0 Å². The molecule has 3 aliphatic rings. The van der Waals surface area contributed by atoms with Gasteiger partial charge in [-0.1, -0.05) is 6.07 Å². The summed E-state index contributed by atoms with van der Waals surface area (Å²) >= 11 is 0. The molecule has 1 aromatic rings. The summed E-state index contributed by atoms with van der Waals surface area (Å²) in [6.07, 6.45) is -1.02. The maximum atomic E-state index is 12.4. The second-order valence-electron chi connectivity index (χ2n) is 8.61. The van der Waals surface area contributed by atoms with Crippen molar-refractivity contribution in [3.63, 3.8) is 0 Å². The lowest BCUT2D eigenvalue weighted by molar-refractivity contribution is -0.0918. The third kappa shape index (κ3) is 3.90. The Bertz CT molecular complexity index is 718. The van der Waals surface area contributed by atoms with Crippen LogP contribution in [0.5, 0.6) is 0 Å². The Labute approximate surface area is 160 Å². The van der Waals surface area contributed by atoms with Crippen molar-refractivity contribution in [3.8, 4) is 0 Å². The maximum Gasteiger partial charge on any atom is 0.410 e. The summed E-state index contributed by atoms with van der Waals surface area (Å²) < 4.78 is 10.8. The average molecular weight is 375 g/mol. The molecular formula is C20H29N3O4. The van der Waals surface area contributed by atoms with Crippen LogP contribution in [-0.2, 0) is 16.1 Å². The molecule has 27 heavy (non-hydrogen) atoms. The van der Waals surface area contributed by atoms with Gasteiger partial charge < -0.3 is 24.4 Å². The number of fused-ring (bicyclic) bond motifs is 2. The van der Waals surface area contributed by atoms with Gasteiger partial charge in [0.1, 0.15) is 5.60 Å². The largest absolute Gasteiger partial charge is 0.444 e. The van der Waals surface area contributed by atoms with Crippen LogP contribution in [0, 0.1) is 0 Å². The number of anilines is 1. The van der Waals surface area contributed by atoms with Gasteiger partial charge in [0, 0.05) is 56.6 Å². The van der Waals surface area contributed by atoms with Crippen LogP contribution in [0.1, 0.15) is 38.2 Å². The van der Waals surface area contributed by atoms with E-state index in [1.54, 1.807) is 0 Å². The van der Waals surface area contributed by atoms with E-state index in [-0.39, 0.29) is 6.09 Å². The fourth-order valence-corrected chi connectivity index (χ4v) is 4.10. The lowest BCUT2D eigenvalue weighted by atomic mass is 10.0. The molecule has 2 unspecified atom stereocenters. The Kier molecular flexibility index (Phi) is 4.78. The van der Waals surface area contributed by atoms with Gasteiger partial charge in [-0.25, -0.2) is 4.79 Å². The molecule has 4 rings (SSSR count). The molecule has 0 radical (unpaired) electrons. The first kappa shape index (κ1) is 18.5. The molecular weight excluding hydrogens is 346 g/mol. The van der Waals surface area contributed by atoms with Crippen molar-refractivity contribution >= 4 is 11.8 Å². The molecule has 1 N–H and O–H groups in total. The molecule has 0 saturated carbocycles. The molecule has 0 bridgehead atoms. The predicted octanol–water partition coefficient (Wildman–Crippen LogP) is 1.95. The Morgan fingerprint density at radius 2 is 1.96 bits per heavy atom. The van der Waals surface area contributed by atoms with Crippen LogP contribution in [-0.4, -0.2) is 71.9 Å². The van der Waals surface area contributed by atoms with Crippen LogP contribution in [0.25, 0.3) is 0 Å². The van der Waals surface area contributed by atoms with E-state index in [9.17, 15) is 9.90 Å². The van der Waals surface area contributed by atoms with E-state index in [2.05, 4.69) is 21.9 Å². The van der Waals surface area contributed by atoms with E-state index in [1.807, 2.05) is 31.7 Å². The molecule has 148 valence electrons. The van der Waals surface area contributed by atoms with Gasteiger partial charge in [-0.2, -0.15) is 0 Å². The van der Waals surface area contributed by atoms with Crippen molar-refractivity contribution < 1.29 is 19.4 Å². The molecule has 0 aromatic heterocycles. The minimum Gasteiger partial charge on any atom is -0.444 e. The minimum atomic E-state index is -0.799. The summed E-state index contributed by atoms with van der Waals surface area (Å²) in [6, 6.07) is 6.44. The molecule has 7 nitrogen and oxygen atoms in total. The SMILES string of the molecule is CC(C)(C)OC(=O)N1CCN2CCN(c3ccc4c(c3)COC4O)CC2C1. The number of benzene rings is 1. The Balaban J connectivity index is 1.43. The molecule has 0 spiro atoms. The molecule has 2 atom stereocenters. The van der Waals surface area contributed by atoms with Crippen LogP contribution < -0.4 is 4.90 Å². The van der Waals surface area contributed by atoms with E-state index in [4.69, 9.17) is 9.47 Å². The third-order valence-corrected chi connectivity index (χ3v) is 5.50. The standard InChI is InChI=1S/C20H29N3O4/c1-20(2,3)27-19(25)23-9-7-21-6-8-22(11-16(21)12-23)15-4-5-17-14(10-15)13-26-18(17)24/h4-5,10,16,18,24H,6-9,11-13H2,1-3H3. The third-order valence-electron chi connectivity index (χ3n) is 5.50. The smallest absolute Gasteiger partial charge is 0.410 e. The lowest BCUT2D eigenvalue weighted by Crippen LogP contribution is -2.63. The van der Waals surface area contributed by atoms with E-state index in [1.165, 1.54) is 0 Å². The lowest BCUT2D eigenvalue weighted by Gasteiger charge is -2.47. The molecule has 2 saturated heterocycles. The molecule has 2 fully saturated rings. The Morgan fingerprint density at radius 1 is 1.19 bits per heavy atom. The zero-order valence-electron chi connectivity index (χ0n) is 16.4. The van der Waals surface area contributed by atoms with Gasteiger partial charge >= 0.3 is 6.09 Å². The molecule has 0 aliphatic carbocycles. The summed E-state index contributed by atoms with van der Waals surface area (Å²) in [6.45, 7) is 11.3. The number of aliphatic hydroxyl groups excluding tert-OH is 1. The van der Waals surface area contributed by atoms with Gasteiger partial charge in [0.2, 0.25) is 0 Å². The number of hydrogen-bond donors (Lipinski definition) is 1. The van der Waals surface area contributed by atoms with E-state index in [0.717, 1.165) is 49.5 Å². The normalized spacial score (nSPS) is 25.9. The van der Waals surface area contributed by atoms with Crippen molar-refractivity contribution in [2.45, 2.75) is 45.3 Å². The highest BCUT2D eigenvalue weighted by Crippen LogP contribution is 2.32. The number of amides is 1. The topological polar surface area (TPSA) is 65.5 Å². The minimum absolute atomic E-state index is 0.219. The second kappa shape index (κ2) is 6.96. The Morgan fingerprint density at radius 3 is 2.74 bits per heavy atom. The first-order chi connectivity index (χ1) is 12.8. The highest BCUT2D eigenvalue weighted by Gasteiger charge is 2.35. The first-order valence-corrected chi connectivity index (χ1v) is 9.69. The molecule has 1 aromatic carbocycles. The van der Waals surface area contributed by atoms with Crippen molar-refractivity contribution in [1.29, 1.82) is 0 Å².